The summed E-state index contributed by atoms with van der Waals surface area (Å²) < 4.78 is 36.5. The summed E-state index contributed by atoms with van der Waals surface area (Å²) in [6.45, 7) is 10.2. The number of hydrogen-bond acceptors (Lipinski definition) is 8. The maximum Gasteiger partial charge on any atom is 0.262 e. The van der Waals surface area contributed by atoms with Crippen molar-refractivity contribution in [3.63, 3.8) is 0 Å². The van der Waals surface area contributed by atoms with Gasteiger partial charge in [0.05, 0.1) is 22.8 Å². The molecule has 0 atom stereocenters. The molecule has 12 heteroatoms. The highest BCUT2D eigenvalue weighted by atomic mass is 32.2. The van der Waals surface area contributed by atoms with Crippen molar-refractivity contribution < 1.29 is 13.2 Å². The van der Waals surface area contributed by atoms with E-state index >= 15 is 0 Å². The number of pyridine rings is 1. The normalized spacial score (nSPS) is 15.0. The number of hydrogen-bond donors (Lipinski definition) is 1. The Morgan fingerprint density at radius 2 is 1.83 bits per heavy atom. The van der Waals surface area contributed by atoms with E-state index < -0.39 is 10.0 Å². The predicted octanol–water partition coefficient (Wildman–Crippen LogP) is 3.30. The molecule has 218 valence electrons. The second-order valence-electron chi connectivity index (χ2n) is 10.1. The number of rotatable bonds is 11. The summed E-state index contributed by atoms with van der Waals surface area (Å²) in [5.74, 6) is 0.697. The lowest BCUT2D eigenvalue weighted by Crippen LogP contribution is -2.48. The van der Waals surface area contributed by atoms with E-state index in [1.165, 1.54) is 4.31 Å². The van der Waals surface area contributed by atoms with E-state index in [9.17, 15) is 13.2 Å². The monoisotopic (exact) mass is 579 g/mol. The minimum Gasteiger partial charge on any atom is -0.493 e. The second-order valence-corrected chi connectivity index (χ2v) is 12.1. The maximum absolute atomic E-state index is 13.6. The lowest BCUT2D eigenvalue weighted by Gasteiger charge is -2.33. The van der Waals surface area contributed by atoms with E-state index in [2.05, 4.69) is 21.8 Å². The Bertz CT molecular complexity index is 1660. The Morgan fingerprint density at radius 1 is 1.02 bits per heavy atom. The number of H-pyrrole nitrogens is 1. The molecule has 4 aromatic rings. The molecule has 1 fully saturated rings. The number of nitrogens with one attached hydrogen (secondary N) is 1. The van der Waals surface area contributed by atoms with Crippen molar-refractivity contribution in [1.82, 2.24) is 33.9 Å². The molecule has 3 aromatic heterocycles. The van der Waals surface area contributed by atoms with E-state index in [0.717, 1.165) is 25.1 Å². The van der Waals surface area contributed by atoms with Gasteiger partial charge >= 0.3 is 0 Å². The average Bonchev–Trinajstić information content (AvgIpc) is 3.33. The van der Waals surface area contributed by atoms with Crippen LogP contribution in [0.5, 0.6) is 5.75 Å². The fraction of sp³-hybridized carbons (Fsp3) is 0.448. The summed E-state index contributed by atoms with van der Waals surface area (Å²) in [6, 6.07) is 10.4. The Hall–Kier alpha value is -3.61. The molecule has 1 N–H and O–H groups in total. The highest BCUT2D eigenvalue weighted by Gasteiger charge is 2.29. The molecule has 0 amide bonds. The summed E-state index contributed by atoms with van der Waals surface area (Å²) >= 11 is 0. The molecule has 41 heavy (non-hydrogen) atoms. The van der Waals surface area contributed by atoms with Gasteiger partial charge in [-0.25, -0.2) is 18.1 Å². The molecular formula is C29H37N7O4S. The first-order chi connectivity index (χ1) is 19.8. The molecule has 4 heterocycles. The van der Waals surface area contributed by atoms with Gasteiger partial charge in [0.25, 0.3) is 5.56 Å². The third-order valence-corrected chi connectivity index (χ3v) is 9.16. The van der Waals surface area contributed by atoms with Crippen LogP contribution in [0, 0.1) is 0 Å². The minimum atomic E-state index is -3.75. The van der Waals surface area contributed by atoms with Crippen molar-refractivity contribution in [2.24, 2.45) is 0 Å². The van der Waals surface area contributed by atoms with Crippen molar-refractivity contribution in [3.05, 3.63) is 64.3 Å². The van der Waals surface area contributed by atoms with Crippen LogP contribution >= 0.6 is 0 Å². The van der Waals surface area contributed by atoms with Crippen LogP contribution in [-0.4, -0.2) is 81.7 Å². The van der Waals surface area contributed by atoms with Gasteiger partial charge in [-0.1, -0.05) is 26.8 Å². The molecule has 0 bridgehead atoms. The van der Waals surface area contributed by atoms with Crippen LogP contribution in [0.2, 0.25) is 0 Å². The van der Waals surface area contributed by atoms with Crippen molar-refractivity contribution in [1.29, 1.82) is 0 Å². The first-order valence-corrected chi connectivity index (χ1v) is 15.7. The molecule has 11 nitrogen and oxygen atoms in total. The molecule has 1 aliphatic rings. The van der Waals surface area contributed by atoms with Crippen LogP contribution in [-0.2, 0) is 23.0 Å². The van der Waals surface area contributed by atoms with Crippen molar-refractivity contribution in [2.45, 2.75) is 51.5 Å². The first-order valence-electron chi connectivity index (χ1n) is 14.2. The van der Waals surface area contributed by atoms with Crippen molar-refractivity contribution >= 4 is 21.1 Å². The molecular weight excluding hydrogens is 542 g/mol. The Morgan fingerprint density at radius 3 is 2.51 bits per heavy atom. The van der Waals surface area contributed by atoms with Crippen LogP contribution in [0.1, 0.15) is 45.0 Å². The van der Waals surface area contributed by atoms with Gasteiger partial charge in [0.1, 0.15) is 17.0 Å². The van der Waals surface area contributed by atoms with Gasteiger partial charge in [-0.3, -0.25) is 9.78 Å². The predicted molar refractivity (Wildman–Crippen MR) is 158 cm³/mol. The van der Waals surface area contributed by atoms with Crippen molar-refractivity contribution in [3.8, 4) is 17.1 Å². The SMILES string of the molecule is CCCOc1ccc(S(=O)(=O)N2CCN(CC)CC2)cc1-c1nc2c(c(Cc3ccccn3)nn2CCC)c(=O)[nH]1. The van der Waals surface area contributed by atoms with Crippen LogP contribution in [0.4, 0.5) is 0 Å². The number of piperazine rings is 1. The summed E-state index contributed by atoms with van der Waals surface area (Å²) in [4.78, 5) is 28.1. The van der Waals surface area contributed by atoms with Crippen LogP contribution < -0.4 is 10.3 Å². The van der Waals surface area contributed by atoms with Crippen LogP contribution in [0.15, 0.2) is 52.3 Å². The van der Waals surface area contributed by atoms with E-state index in [1.54, 1.807) is 29.1 Å². The third-order valence-electron chi connectivity index (χ3n) is 7.27. The van der Waals surface area contributed by atoms with Gasteiger partial charge in [0.2, 0.25) is 10.0 Å². The molecule has 0 saturated carbocycles. The average molecular weight is 580 g/mol. The zero-order valence-corrected chi connectivity index (χ0v) is 24.7. The number of sulfonamides is 1. The number of ether oxygens (including phenoxy) is 1. The smallest absolute Gasteiger partial charge is 0.262 e. The van der Waals surface area contributed by atoms with Gasteiger partial charge in [0, 0.05) is 51.0 Å². The topological polar surface area (TPSA) is 126 Å². The number of likely N-dealkylation sites (N-methyl/N-ethyl adjacent to an activating group) is 1. The van der Waals surface area contributed by atoms with Crippen LogP contribution in [0.3, 0.4) is 0 Å². The van der Waals surface area contributed by atoms with E-state index in [4.69, 9.17) is 14.8 Å². The zero-order chi connectivity index (χ0) is 29.0. The number of benzene rings is 1. The Kier molecular flexibility index (Phi) is 8.81. The van der Waals surface area contributed by atoms with Gasteiger partial charge in [-0.2, -0.15) is 9.40 Å². The van der Waals surface area contributed by atoms with Crippen molar-refractivity contribution in [2.75, 3.05) is 39.3 Å². The van der Waals surface area contributed by atoms with Gasteiger partial charge < -0.3 is 14.6 Å². The molecule has 1 aromatic carbocycles. The van der Waals surface area contributed by atoms with E-state index in [0.29, 0.717) is 73.8 Å². The molecule has 5 rings (SSSR count). The number of aromatic amines is 1. The van der Waals surface area contributed by atoms with E-state index in [-0.39, 0.29) is 16.3 Å². The van der Waals surface area contributed by atoms with Gasteiger partial charge in [0.15, 0.2) is 5.65 Å². The number of aromatic nitrogens is 5. The summed E-state index contributed by atoms with van der Waals surface area (Å²) in [6.07, 6.45) is 3.67. The highest BCUT2D eigenvalue weighted by molar-refractivity contribution is 7.89. The molecule has 0 aliphatic carbocycles. The summed E-state index contributed by atoms with van der Waals surface area (Å²) in [5, 5.41) is 5.13. The second kappa shape index (κ2) is 12.5. The zero-order valence-electron chi connectivity index (χ0n) is 23.8. The minimum absolute atomic E-state index is 0.141. The number of nitrogens with zero attached hydrogens (tertiary/aromatic N) is 6. The lowest BCUT2D eigenvalue weighted by atomic mass is 10.1. The van der Waals surface area contributed by atoms with Gasteiger partial charge in [-0.15, -0.1) is 0 Å². The largest absolute Gasteiger partial charge is 0.493 e. The lowest BCUT2D eigenvalue weighted by molar-refractivity contribution is 0.196. The fourth-order valence-electron chi connectivity index (χ4n) is 5.07. The molecule has 0 unspecified atom stereocenters. The van der Waals surface area contributed by atoms with E-state index in [1.807, 2.05) is 32.0 Å². The molecule has 0 spiro atoms. The standard InChI is InChI=1S/C29H37N7O4S/c1-4-13-36-28-26(24(33-36)19-21-9-7-8-12-30-21)29(37)32-27(31-28)23-20-22(10-11-25(23)40-18-5-2)41(38,39)35-16-14-34(6-3)15-17-35/h7-12,20H,4-6,13-19H2,1-3H3,(H,31,32,37). The maximum atomic E-state index is 13.6. The van der Waals surface area contributed by atoms with Gasteiger partial charge in [-0.05, 0) is 49.7 Å². The summed E-state index contributed by atoms with van der Waals surface area (Å²) in [7, 11) is -3.75. The first kappa shape index (κ1) is 28.9. The molecule has 1 aliphatic heterocycles. The Labute approximate surface area is 240 Å². The Balaban J connectivity index is 1.60. The quantitative estimate of drug-likeness (QED) is 0.287. The van der Waals surface area contributed by atoms with Crippen LogP contribution in [0.25, 0.3) is 22.4 Å². The number of fused-ring (bicyclic) bond motifs is 1. The molecule has 0 radical (unpaired) electrons. The fourth-order valence-corrected chi connectivity index (χ4v) is 6.52. The molecule has 1 saturated heterocycles. The number of aryl methyl sites for hydroxylation is 1. The highest BCUT2D eigenvalue weighted by Crippen LogP contribution is 2.32. The third kappa shape index (κ3) is 6.04. The summed E-state index contributed by atoms with van der Waals surface area (Å²) in [5.41, 5.74) is 1.91.